The number of anilines is 2. The molecule has 2 saturated heterocycles. The number of rotatable bonds is 7. The van der Waals surface area contributed by atoms with E-state index in [2.05, 4.69) is 33.1 Å². The Balaban J connectivity index is 1.18. The predicted molar refractivity (Wildman–Crippen MR) is 152 cm³/mol. The second kappa shape index (κ2) is 12.1. The molecule has 198 valence electrons. The Labute approximate surface area is 225 Å². The summed E-state index contributed by atoms with van der Waals surface area (Å²) in [4.78, 5) is 37.6. The Morgan fingerprint density at radius 1 is 0.842 bits per heavy atom. The molecule has 0 radical (unpaired) electrons. The Morgan fingerprint density at radius 2 is 1.53 bits per heavy atom. The quantitative estimate of drug-likeness (QED) is 0.512. The van der Waals surface area contributed by atoms with Crippen molar-refractivity contribution in [3.63, 3.8) is 0 Å². The van der Waals surface area contributed by atoms with Gasteiger partial charge in [-0.1, -0.05) is 55.5 Å². The molecule has 7 heteroatoms. The zero-order chi connectivity index (χ0) is 26.3. The van der Waals surface area contributed by atoms with E-state index in [1.807, 2.05) is 77.8 Å². The molecule has 0 saturated carbocycles. The smallest absolute Gasteiger partial charge is 0.256 e. The van der Waals surface area contributed by atoms with E-state index in [9.17, 15) is 9.59 Å². The summed E-state index contributed by atoms with van der Waals surface area (Å²) in [5, 5.41) is 3.30. The molecule has 2 amide bonds. The zero-order valence-electron chi connectivity index (χ0n) is 22.1. The largest absolute Gasteiger partial charge is 0.371 e. The summed E-state index contributed by atoms with van der Waals surface area (Å²) in [7, 11) is 0. The summed E-state index contributed by atoms with van der Waals surface area (Å²) in [6.45, 7) is 6.59. The van der Waals surface area contributed by atoms with Crippen LogP contribution in [-0.2, 0) is 4.79 Å². The summed E-state index contributed by atoms with van der Waals surface area (Å²) < 4.78 is 0. The number of carbonyl (C=O) groups is 2. The van der Waals surface area contributed by atoms with Gasteiger partial charge in [0.25, 0.3) is 5.91 Å². The fourth-order valence-electron chi connectivity index (χ4n) is 5.60. The highest BCUT2D eigenvalue weighted by Crippen LogP contribution is 2.27. The molecule has 3 aromatic rings. The molecule has 2 aliphatic rings. The van der Waals surface area contributed by atoms with Crippen LogP contribution in [0.25, 0.3) is 0 Å². The van der Waals surface area contributed by atoms with Gasteiger partial charge in [0, 0.05) is 57.2 Å². The minimum atomic E-state index is -0.120. The maximum atomic E-state index is 13.6. The van der Waals surface area contributed by atoms with Crippen LogP contribution in [0, 0.1) is 0 Å². The van der Waals surface area contributed by atoms with Crippen LogP contribution in [0.15, 0.2) is 79.0 Å². The van der Waals surface area contributed by atoms with Crippen LogP contribution in [0.5, 0.6) is 0 Å². The van der Waals surface area contributed by atoms with E-state index < -0.39 is 0 Å². The van der Waals surface area contributed by atoms with Crippen LogP contribution >= 0.6 is 0 Å². The van der Waals surface area contributed by atoms with Crippen molar-refractivity contribution < 1.29 is 9.59 Å². The standard InChI is InChI=1S/C31H37N5O2/c1-2-26(24-10-4-3-5-11-24)30(37)33-25-15-18-34(19-16-25)28-13-7-6-12-27(28)31(38)36-22-20-35(21-23-36)29-14-8-9-17-32-29/h3-14,17,25-26H,2,15-16,18-23H2,1H3,(H,33,37). The van der Waals surface area contributed by atoms with Gasteiger partial charge in [0.2, 0.25) is 5.91 Å². The average molecular weight is 512 g/mol. The number of amides is 2. The normalized spacial score (nSPS) is 17.2. The monoisotopic (exact) mass is 511 g/mol. The van der Waals surface area contributed by atoms with Crippen LogP contribution in [0.1, 0.15) is 48.0 Å². The van der Waals surface area contributed by atoms with Gasteiger partial charge in [-0.05, 0) is 49.1 Å². The summed E-state index contributed by atoms with van der Waals surface area (Å²) in [5.74, 6) is 1.04. The van der Waals surface area contributed by atoms with Crippen LogP contribution in [-0.4, -0.2) is 67.0 Å². The summed E-state index contributed by atoms with van der Waals surface area (Å²) >= 11 is 0. The van der Waals surface area contributed by atoms with Crippen molar-refractivity contribution in [1.82, 2.24) is 15.2 Å². The van der Waals surface area contributed by atoms with E-state index in [-0.39, 0.29) is 23.8 Å². The molecule has 1 aromatic heterocycles. The molecule has 38 heavy (non-hydrogen) atoms. The minimum absolute atomic E-state index is 0.0883. The number of aromatic nitrogens is 1. The van der Waals surface area contributed by atoms with Gasteiger partial charge in [0.05, 0.1) is 11.5 Å². The van der Waals surface area contributed by atoms with Crippen LogP contribution in [0.3, 0.4) is 0 Å². The number of hydrogen-bond donors (Lipinski definition) is 1. The molecule has 3 heterocycles. The SMILES string of the molecule is CCC(C(=O)NC1CCN(c2ccccc2C(=O)N2CCN(c3ccccn3)CC2)CC1)c1ccccc1. The lowest BCUT2D eigenvalue weighted by Gasteiger charge is -2.38. The number of nitrogens with one attached hydrogen (secondary N) is 1. The first-order chi connectivity index (χ1) is 18.6. The van der Waals surface area contributed by atoms with Gasteiger partial charge in [-0.3, -0.25) is 9.59 Å². The Hall–Kier alpha value is -3.87. The molecule has 2 aliphatic heterocycles. The molecule has 7 nitrogen and oxygen atoms in total. The number of carbonyl (C=O) groups excluding carboxylic acids is 2. The fourth-order valence-corrected chi connectivity index (χ4v) is 5.60. The van der Waals surface area contributed by atoms with Gasteiger partial charge in [-0.15, -0.1) is 0 Å². The van der Waals surface area contributed by atoms with Crippen molar-refractivity contribution in [2.24, 2.45) is 0 Å². The third-order valence-corrected chi connectivity index (χ3v) is 7.78. The number of pyridine rings is 1. The van der Waals surface area contributed by atoms with Crippen molar-refractivity contribution in [2.75, 3.05) is 49.1 Å². The molecule has 1 N–H and O–H groups in total. The van der Waals surface area contributed by atoms with Crippen molar-refractivity contribution in [2.45, 2.75) is 38.1 Å². The van der Waals surface area contributed by atoms with Crippen molar-refractivity contribution in [3.05, 3.63) is 90.1 Å². The van der Waals surface area contributed by atoms with Crippen LogP contribution in [0.2, 0.25) is 0 Å². The van der Waals surface area contributed by atoms with Gasteiger partial charge in [-0.2, -0.15) is 0 Å². The lowest BCUT2D eigenvalue weighted by atomic mass is 9.94. The summed E-state index contributed by atoms with van der Waals surface area (Å²) in [6.07, 6.45) is 4.31. The van der Waals surface area contributed by atoms with E-state index in [1.165, 1.54) is 0 Å². The molecule has 0 aliphatic carbocycles. The Morgan fingerprint density at radius 3 is 2.21 bits per heavy atom. The highest BCUT2D eigenvalue weighted by atomic mass is 16.2. The van der Waals surface area contributed by atoms with E-state index in [4.69, 9.17) is 0 Å². The number of benzene rings is 2. The second-order valence-corrected chi connectivity index (χ2v) is 10.1. The number of piperidine rings is 1. The van der Waals surface area contributed by atoms with E-state index in [0.717, 1.165) is 68.1 Å². The maximum absolute atomic E-state index is 13.6. The van der Waals surface area contributed by atoms with E-state index >= 15 is 0 Å². The van der Waals surface area contributed by atoms with E-state index in [0.29, 0.717) is 13.1 Å². The molecular weight excluding hydrogens is 474 g/mol. The molecule has 0 spiro atoms. The Bertz CT molecular complexity index is 1200. The first kappa shape index (κ1) is 25.8. The molecule has 5 rings (SSSR count). The van der Waals surface area contributed by atoms with Gasteiger partial charge in [0.1, 0.15) is 5.82 Å². The maximum Gasteiger partial charge on any atom is 0.256 e. The number of piperazine rings is 1. The van der Waals surface area contributed by atoms with Crippen LogP contribution in [0.4, 0.5) is 11.5 Å². The van der Waals surface area contributed by atoms with Crippen molar-refractivity contribution >= 4 is 23.3 Å². The van der Waals surface area contributed by atoms with Crippen molar-refractivity contribution in [1.29, 1.82) is 0 Å². The molecule has 2 aromatic carbocycles. The summed E-state index contributed by atoms with van der Waals surface area (Å²) in [5.41, 5.74) is 2.82. The first-order valence-electron chi connectivity index (χ1n) is 13.8. The predicted octanol–water partition coefficient (Wildman–Crippen LogP) is 4.32. The molecule has 2 fully saturated rings. The lowest BCUT2D eigenvalue weighted by molar-refractivity contribution is -0.123. The molecule has 1 atom stereocenters. The number of para-hydroxylation sites is 1. The highest BCUT2D eigenvalue weighted by Gasteiger charge is 2.29. The average Bonchev–Trinajstić information content (AvgIpc) is 2.99. The van der Waals surface area contributed by atoms with E-state index in [1.54, 1.807) is 0 Å². The van der Waals surface area contributed by atoms with Gasteiger partial charge < -0.3 is 20.0 Å². The van der Waals surface area contributed by atoms with Gasteiger partial charge in [-0.25, -0.2) is 4.98 Å². The lowest BCUT2D eigenvalue weighted by Crippen LogP contribution is -2.49. The third-order valence-electron chi connectivity index (χ3n) is 7.78. The summed E-state index contributed by atoms with van der Waals surface area (Å²) in [6, 6.07) is 24.1. The third kappa shape index (κ3) is 5.82. The number of nitrogens with zero attached hydrogens (tertiary/aromatic N) is 4. The topological polar surface area (TPSA) is 68.8 Å². The van der Waals surface area contributed by atoms with Crippen LogP contribution < -0.4 is 15.1 Å². The van der Waals surface area contributed by atoms with Gasteiger partial charge >= 0.3 is 0 Å². The highest BCUT2D eigenvalue weighted by molar-refractivity contribution is 6.00. The second-order valence-electron chi connectivity index (χ2n) is 10.1. The number of hydrogen-bond acceptors (Lipinski definition) is 5. The Kier molecular flexibility index (Phi) is 8.22. The van der Waals surface area contributed by atoms with Gasteiger partial charge in [0.15, 0.2) is 0 Å². The molecule has 0 bridgehead atoms. The molecular formula is C31H37N5O2. The minimum Gasteiger partial charge on any atom is -0.371 e. The fraction of sp³-hybridized carbons (Fsp3) is 0.387. The molecule has 1 unspecified atom stereocenters. The zero-order valence-corrected chi connectivity index (χ0v) is 22.1. The first-order valence-corrected chi connectivity index (χ1v) is 13.8. The van der Waals surface area contributed by atoms with Crippen molar-refractivity contribution in [3.8, 4) is 0 Å².